The van der Waals surface area contributed by atoms with Crippen LogP contribution in [0.4, 0.5) is 5.69 Å². The predicted molar refractivity (Wildman–Crippen MR) is 136 cm³/mol. The number of nitrogens with zero attached hydrogens (tertiary/aromatic N) is 2. The highest BCUT2D eigenvalue weighted by Gasteiger charge is 2.35. The van der Waals surface area contributed by atoms with E-state index in [2.05, 4.69) is 10.5 Å². The van der Waals surface area contributed by atoms with Gasteiger partial charge in [-0.15, -0.1) is 0 Å². The third-order valence-electron chi connectivity index (χ3n) is 6.34. The van der Waals surface area contributed by atoms with Gasteiger partial charge in [-0.3, -0.25) is 9.10 Å². The number of benzene rings is 4. The summed E-state index contributed by atoms with van der Waals surface area (Å²) in [6, 6.07) is 23.2. The van der Waals surface area contributed by atoms with E-state index in [1.54, 1.807) is 49.4 Å². The fourth-order valence-electron chi connectivity index (χ4n) is 4.44. The average Bonchev–Trinajstić information content (AvgIpc) is 3.45. The molecule has 6 rings (SSSR count). The molecule has 36 heavy (non-hydrogen) atoms. The molecule has 0 spiro atoms. The Labute approximate surface area is 207 Å². The van der Waals surface area contributed by atoms with Crippen LogP contribution >= 0.6 is 0 Å². The van der Waals surface area contributed by atoms with Crippen LogP contribution in [0, 0.1) is 0 Å². The first-order valence-corrected chi connectivity index (χ1v) is 12.7. The van der Waals surface area contributed by atoms with Crippen LogP contribution < -0.4 is 19.2 Å². The quantitative estimate of drug-likeness (QED) is 0.324. The molecule has 0 fully saturated rings. The molecule has 1 N–H and O–H groups in total. The Hall–Kier alpha value is -4.37. The van der Waals surface area contributed by atoms with Crippen LogP contribution in [0.25, 0.3) is 10.8 Å². The lowest BCUT2D eigenvalue weighted by Crippen LogP contribution is -2.26. The van der Waals surface area contributed by atoms with Gasteiger partial charge in [0.1, 0.15) is 0 Å². The topological polar surface area (TPSA) is 97.3 Å². The van der Waals surface area contributed by atoms with Crippen LogP contribution in [0.1, 0.15) is 28.4 Å². The average molecular weight is 500 g/mol. The highest BCUT2D eigenvalue weighted by molar-refractivity contribution is 7.93. The number of hydrogen-bond acceptors (Lipinski definition) is 6. The van der Waals surface area contributed by atoms with Crippen molar-refractivity contribution in [1.29, 1.82) is 0 Å². The first-order valence-electron chi connectivity index (χ1n) is 11.3. The first kappa shape index (κ1) is 22.1. The minimum atomic E-state index is -3.65. The molecule has 0 radical (unpaired) electrons. The molecule has 4 aromatic rings. The van der Waals surface area contributed by atoms with Crippen molar-refractivity contribution in [2.45, 2.75) is 18.4 Å². The molecule has 0 aliphatic carbocycles. The molecule has 0 atom stereocenters. The van der Waals surface area contributed by atoms with Crippen LogP contribution in [-0.4, -0.2) is 26.8 Å². The Balaban J connectivity index is 1.17. The summed E-state index contributed by atoms with van der Waals surface area (Å²) in [5.41, 5.74) is 5.83. The molecular formula is C27H21N3O5S. The van der Waals surface area contributed by atoms with Crippen molar-refractivity contribution < 1.29 is 22.7 Å². The van der Waals surface area contributed by atoms with Gasteiger partial charge in [-0.2, -0.15) is 5.10 Å². The fourth-order valence-corrected chi connectivity index (χ4v) is 6.14. The highest BCUT2D eigenvalue weighted by atomic mass is 32.2. The van der Waals surface area contributed by atoms with Gasteiger partial charge in [0.15, 0.2) is 11.5 Å². The monoisotopic (exact) mass is 499 g/mol. The van der Waals surface area contributed by atoms with Gasteiger partial charge in [0.05, 0.1) is 22.8 Å². The highest BCUT2D eigenvalue weighted by Crippen LogP contribution is 2.42. The zero-order chi connectivity index (χ0) is 24.9. The maximum Gasteiger partial charge on any atom is 0.271 e. The van der Waals surface area contributed by atoms with Crippen molar-refractivity contribution in [3.63, 3.8) is 0 Å². The number of nitrogens with one attached hydrogen (secondary N) is 1. The molecule has 2 aliphatic rings. The molecule has 2 heterocycles. The van der Waals surface area contributed by atoms with E-state index in [0.717, 1.165) is 21.9 Å². The molecule has 4 aromatic carbocycles. The van der Waals surface area contributed by atoms with Crippen molar-refractivity contribution in [1.82, 2.24) is 5.43 Å². The van der Waals surface area contributed by atoms with E-state index in [0.29, 0.717) is 33.4 Å². The number of carbonyl (C=O) groups excluding carboxylic acids is 1. The van der Waals surface area contributed by atoms with Gasteiger partial charge >= 0.3 is 0 Å². The molecule has 0 bridgehead atoms. The van der Waals surface area contributed by atoms with Gasteiger partial charge < -0.3 is 9.47 Å². The molecule has 180 valence electrons. The van der Waals surface area contributed by atoms with E-state index < -0.39 is 10.0 Å². The number of hydrogen-bond donors (Lipinski definition) is 1. The molecule has 0 saturated carbocycles. The number of sulfonamides is 1. The van der Waals surface area contributed by atoms with Gasteiger partial charge in [0.25, 0.3) is 15.9 Å². The van der Waals surface area contributed by atoms with Crippen molar-refractivity contribution in [3.8, 4) is 11.5 Å². The summed E-state index contributed by atoms with van der Waals surface area (Å²) in [5, 5.41) is 5.83. The molecule has 0 unspecified atom stereocenters. The number of ether oxygens (including phenoxy) is 2. The summed E-state index contributed by atoms with van der Waals surface area (Å²) < 4.78 is 38.5. The van der Waals surface area contributed by atoms with E-state index in [1.165, 1.54) is 4.31 Å². The number of amides is 1. The molecule has 1 amide bonds. The maximum absolute atomic E-state index is 13.2. The van der Waals surface area contributed by atoms with E-state index in [-0.39, 0.29) is 19.2 Å². The number of rotatable bonds is 5. The summed E-state index contributed by atoms with van der Waals surface area (Å²) in [5.74, 6) is 0.953. The van der Waals surface area contributed by atoms with Crippen LogP contribution in [0.2, 0.25) is 0 Å². The second-order valence-corrected chi connectivity index (χ2v) is 10.4. The second-order valence-electron chi connectivity index (χ2n) is 8.55. The van der Waals surface area contributed by atoms with Crippen LogP contribution in [0.5, 0.6) is 11.5 Å². The van der Waals surface area contributed by atoms with Gasteiger partial charge in [0.2, 0.25) is 6.79 Å². The van der Waals surface area contributed by atoms with E-state index in [9.17, 15) is 13.2 Å². The lowest BCUT2D eigenvalue weighted by atomic mass is 10.1. The van der Waals surface area contributed by atoms with Crippen molar-refractivity contribution in [3.05, 3.63) is 95.6 Å². The van der Waals surface area contributed by atoms with Crippen molar-refractivity contribution >= 4 is 38.1 Å². The smallest absolute Gasteiger partial charge is 0.271 e. The van der Waals surface area contributed by atoms with E-state index in [4.69, 9.17) is 9.47 Å². The zero-order valence-electron chi connectivity index (χ0n) is 19.3. The zero-order valence-corrected chi connectivity index (χ0v) is 20.1. The molecule has 2 aliphatic heterocycles. The number of hydrazone groups is 1. The molecule has 0 saturated heterocycles. The number of fused-ring (bicyclic) bond motifs is 1. The third kappa shape index (κ3) is 3.64. The summed E-state index contributed by atoms with van der Waals surface area (Å²) in [4.78, 5) is 13.0. The van der Waals surface area contributed by atoms with Crippen LogP contribution in [0.15, 0.2) is 88.9 Å². The fraction of sp³-hybridized carbons (Fsp3) is 0.111. The Morgan fingerprint density at radius 2 is 1.67 bits per heavy atom. The lowest BCUT2D eigenvalue weighted by molar-refractivity contribution is 0.0955. The maximum atomic E-state index is 13.2. The molecule has 0 aromatic heterocycles. The Morgan fingerprint density at radius 3 is 2.47 bits per heavy atom. The Bertz CT molecular complexity index is 1660. The van der Waals surface area contributed by atoms with Gasteiger partial charge in [-0.05, 0) is 60.3 Å². The second kappa shape index (κ2) is 8.39. The minimum absolute atomic E-state index is 0.166. The summed E-state index contributed by atoms with van der Waals surface area (Å²) >= 11 is 0. The van der Waals surface area contributed by atoms with E-state index in [1.807, 2.05) is 36.4 Å². The summed E-state index contributed by atoms with van der Waals surface area (Å²) in [7, 11) is -3.65. The SMILES string of the molecule is CC(=NNC(=O)c1ccc(CN2c3cccc4cccc(c34)S2(=O)=O)cc1)c1ccc2c(c1)OCO2. The van der Waals surface area contributed by atoms with Gasteiger partial charge in [-0.1, -0.05) is 36.4 Å². The lowest BCUT2D eigenvalue weighted by Gasteiger charge is -2.19. The minimum Gasteiger partial charge on any atom is -0.454 e. The Kier molecular flexibility index (Phi) is 5.15. The third-order valence-corrected chi connectivity index (χ3v) is 8.14. The largest absolute Gasteiger partial charge is 0.454 e. The Morgan fingerprint density at radius 1 is 0.944 bits per heavy atom. The molecule has 9 heteroatoms. The summed E-state index contributed by atoms with van der Waals surface area (Å²) in [6.45, 7) is 2.14. The normalized spacial score (nSPS) is 15.4. The standard InChI is InChI=1S/C27H21N3O5S/c1-17(21-12-13-23-24(14-21)35-16-34-23)28-29-27(31)20-10-8-18(9-11-20)15-30-22-6-2-4-19-5-3-7-25(26(19)22)36(30,32)33/h2-14H,15-16H2,1H3,(H,29,31). The number of anilines is 1. The van der Waals surface area contributed by atoms with E-state index >= 15 is 0 Å². The van der Waals surface area contributed by atoms with Crippen LogP contribution in [0.3, 0.4) is 0 Å². The van der Waals surface area contributed by atoms with Crippen LogP contribution in [-0.2, 0) is 16.6 Å². The molecule has 8 nitrogen and oxygen atoms in total. The van der Waals surface area contributed by atoms with Crippen molar-refractivity contribution in [2.75, 3.05) is 11.1 Å². The predicted octanol–water partition coefficient (Wildman–Crippen LogP) is 4.43. The van der Waals surface area contributed by atoms with Crippen molar-refractivity contribution in [2.24, 2.45) is 5.10 Å². The molecular weight excluding hydrogens is 478 g/mol. The number of carbonyl (C=O) groups is 1. The van der Waals surface area contributed by atoms with Gasteiger partial charge in [0, 0.05) is 16.5 Å². The summed E-state index contributed by atoms with van der Waals surface area (Å²) in [6.07, 6.45) is 0. The first-order chi connectivity index (χ1) is 17.4. The van der Waals surface area contributed by atoms with Gasteiger partial charge in [-0.25, -0.2) is 13.8 Å².